The average Bonchev–Trinajstić information content (AvgIpc) is 3.23. The first-order valence-electron chi connectivity index (χ1n) is 8.28. The quantitative estimate of drug-likeness (QED) is 0.669. The molecule has 140 valence electrons. The van der Waals surface area contributed by atoms with Gasteiger partial charge in [0.05, 0.1) is 13.2 Å². The zero-order valence-electron chi connectivity index (χ0n) is 14.1. The van der Waals surface area contributed by atoms with E-state index in [1.54, 1.807) is 34.4 Å². The van der Waals surface area contributed by atoms with E-state index >= 15 is 0 Å². The van der Waals surface area contributed by atoms with Crippen molar-refractivity contribution in [2.24, 2.45) is 0 Å². The summed E-state index contributed by atoms with van der Waals surface area (Å²) in [5.41, 5.74) is -0.680. The van der Waals surface area contributed by atoms with Crippen LogP contribution in [0.1, 0.15) is 16.7 Å². The van der Waals surface area contributed by atoms with E-state index in [1.807, 2.05) is 17.5 Å². The second kappa shape index (κ2) is 7.24. The second-order valence-corrected chi connectivity index (χ2v) is 6.95. The highest BCUT2D eigenvalue weighted by Gasteiger charge is 2.35. The van der Waals surface area contributed by atoms with Crippen LogP contribution in [-0.4, -0.2) is 34.6 Å². The minimum Gasteiger partial charge on any atom is -0.369 e. The third-order valence-corrected chi connectivity index (χ3v) is 5.11. The van der Waals surface area contributed by atoms with Gasteiger partial charge >= 0.3 is 6.18 Å². The fraction of sp³-hybridized carbons (Fsp3) is 0.278. The van der Waals surface area contributed by atoms with Crippen molar-refractivity contribution in [3.8, 4) is 11.5 Å². The molecular formula is C18H15F3N4OS. The van der Waals surface area contributed by atoms with Crippen molar-refractivity contribution in [1.29, 1.82) is 0 Å². The molecule has 0 radical (unpaired) electrons. The zero-order chi connectivity index (χ0) is 18.9. The molecule has 0 aliphatic carbocycles. The van der Waals surface area contributed by atoms with Gasteiger partial charge in [-0.15, -0.1) is 11.3 Å². The van der Waals surface area contributed by atoms with Crippen LogP contribution in [0, 0.1) is 0 Å². The molecule has 0 bridgehead atoms. The monoisotopic (exact) mass is 392 g/mol. The molecule has 0 N–H and O–H groups in total. The third-order valence-electron chi connectivity index (χ3n) is 4.15. The molecule has 5 nitrogen and oxygen atoms in total. The summed E-state index contributed by atoms with van der Waals surface area (Å²) in [5, 5.41) is 1.95. The fourth-order valence-corrected chi connectivity index (χ4v) is 3.62. The largest absolute Gasteiger partial charge is 0.433 e. The Labute approximate surface area is 157 Å². The van der Waals surface area contributed by atoms with Crippen LogP contribution in [0.3, 0.4) is 0 Å². The van der Waals surface area contributed by atoms with Crippen molar-refractivity contribution in [2.75, 3.05) is 24.6 Å². The van der Waals surface area contributed by atoms with Crippen LogP contribution in [0.4, 0.5) is 19.0 Å². The molecule has 1 saturated heterocycles. The van der Waals surface area contributed by atoms with Crippen LogP contribution in [0.5, 0.6) is 0 Å². The van der Waals surface area contributed by atoms with Crippen molar-refractivity contribution in [3.63, 3.8) is 0 Å². The van der Waals surface area contributed by atoms with Crippen LogP contribution in [0.15, 0.2) is 48.0 Å². The van der Waals surface area contributed by atoms with E-state index in [0.29, 0.717) is 25.4 Å². The number of rotatable bonds is 3. The highest BCUT2D eigenvalue weighted by Crippen LogP contribution is 2.33. The van der Waals surface area contributed by atoms with Crippen LogP contribution >= 0.6 is 11.3 Å². The van der Waals surface area contributed by atoms with Gasteiger partial charge in [-0.2, -0.15) is 13.2 Å². The number of anilines is 1. The molecule has 3 aromatic heterocycles. The summed E-state index contributed by atoms with van der Waals surface area (Å²) in [6.07, 6.45) is -3.26. The van der Waals surface area contributed by atoms with Gasteiger partial charge in [0.2, 0.25) is 0 Å². The third kappa shape index (κ3) is 3.93. The SMILES string of the molecule is FC(F)(F)c1cc(N2CCOC(c3cccs3)C2)nc(-c2ccccn2)n1. The standard InChI is InChI=1S/C18H15F3N4OS/c19-18(20,21)15-10-16(24-17(23-15)12-4-1-2-6-22-12)25-7-8-26-13(11-25)14-5-3-9-27-14/h1-6,9-10,13H,7-8,11H2. The van der Waals surface area contributed by atoms with Gasteiger partial charge in [0.25, 0.3) is 0 Å². The average molecular weight is 392 g/mol. The van der Waals surface area contributed by atoms with Crippen LogP contribution in [0.2, 0.25) is 0 Å². The number of nitrogens with zero attached hydrogens (tertiary/aromatic N) is 4. The summed E-state index contributed by atoms with van der Waals surface area (Å²) in [5.74, 6) is 0.183. The summed E-state index contributed by atoms with van der Waals surface area (Å²) in [7, 11) is 0. The minimum absolute atomic E-state index is 0.0420. The molecule has 3 aromatic rings. The van der Waals surface area contributed by atoms with E-state index in [2.05, 4.69) is 15.0 Å². The summed E-state index contributed by atoms with van der Waals surface area (Å²) < 4.78 is 45.9. The van der Waals surface area contributed by atoms with Crippen LogP contribution in [-0.2, 0) is 10.9 Å². The lowest BCUT2D eigenvalue weighted by Crippen LogP contribution is -2.39. The van der Waals surface area contributed by atoms with Gasteiger partial charge in [-0.25, -0.2) is 9.97 Å². The van der Waals surface area contributed by atoms with Gasteiger partial charge in [-0.3, -0.25) is 4.98 Å². The van der Waals surface area contributed by atoms with Gasteiger partial charge < -0.3 is 9.64 Å². The molecule has 1 aliphatic rings. The molecule has 4 heterocycles. The summed E-state index contributed by atoms with van der Waals surface area (Å²) in [4.78, 5) is 15.0. The summed E-state index contributed by atoms with van der Waals surface area (Å²) >= 11 is 1.56. The van der Waals surface area contributed by atoms with E-state index in [0.717, 1.165) is 10.9 Å². The molecule has 0 spiro atoms. The molecule has 1 aliphatic heterocycles. The molecular weight excluding hydrogens is 377 g/mol. The molecule has 0 saturated carbocycles. The Hall–Kier alpha value is -2.52. The van der Waals surface area contributed by atoms with E-state index in [1.165, 1.54) is 6.20 Å². The van der Waals surface area contributed by atoms with E-state index in [9.17, 15) is 13.2 Å². The Morgan fingerprint density at radius 3 is 2.74 bits per heavy atom. The lowest BCUT2D eigenvalue weighted by Gasteiger charge is -2.33. The molecule has 0 amide bonds. The van der Waals surface area contributed by atoms with Crippen LogP contribution in [0.25, 0.3) is 11.5 Å². The maximum Gasteiger partial charge on any atom is 0.433 e. The van der Waals surface area contributed by atoms with Crippen molar-refractivity contribution < 1.29 is 17.9 Å². The Kier molecular flexibility index (Phi) is 4.79. The lowest BCUT2D eigenvalue weighted by atomic mass is 10.2. The predicted molar refractivity (Wildman–Crippen MR) is 95.5 cm³/mol. The van der Waals surface area contributed by atoms with Crippen molar-refractivity contribution in [1.82, 2.24) is 15.0 Å². The Balaban J connectivity index is 1.71. The Bertz CT molecular complexity index is 903. The number of ether oxygens (including phenoxy) is 1. The first-order valence-corrected chi connectivity index (χ1v) is 9.16. The number of hydrogen-bond acceptors (Lipinski definition) is 6. The first-order chi connectivity index (χ1) is 13.0. The highest BCUT2D eigenvalue weighted by molar-refractivity contribution is 7.10. The molecule has 1 fully saturated rings. The predicted octanol–water partition coefficient (Wildman–Crippen LogP) is 4.20. The van der Waals surface area contributed by atoms with Crippen molar-refractivity contribution in [2.45, 2.75) is 12.3 Å². The summed E-state index contributed by atoms with van der Waals surface area (Å²) in [6.45, 7) is 1.29. The topological polar surface area (TPSA) is 51.1 Å². The minimum atomic E-state index is -4.57. The zero-order valence-corrected chi connectivity index (χ0v) is 14.9. The van der Waals surface area contributed by atoms with Crippen molar-refractivity contribution in [3.05, 3.63) is 58.5 Å². The first kappa shape index (κ1) is 17.9. The molecule has 1 unspecified atom stereocenters. The number of halogens is 3. The van der Waals surface area contributed by atoms with E-state index < -0.39 is 11.9 Å². The fourth-order valence-electron chi connectivity index (χ4n) is 2.86. The summed E-state index contributed by atoms with van der Waals surface area (Å²) in [6, 6.07) is 9.84. The second-order valence-electron chi connectivity index (χ2n) is 5.97. The molecule has 1 atom stereocenters. The number of thiophene rings is 1. The highest BCUT2D eigenvalue weighted by atomic mass is 32.1. The normalized spacial score (nSPS) is 17.9. The number of pyridine rings is 1. The maximum atomic E-state index is 13.4. The van der Waals surface area contributed by atoms with Gasteiger partial charge in [-0.05, 0) is 23.6 Å². The lowest BCUT2D eigenvalue weighted by molar-refractivity contribution is -0.141. The van der Waals surface area contributed by atoms with Crippen LogP contribution < -0.4 is 4.90 Å². The van der Waals surface area contributed by atoms with E-state index in [-0.39, 0.29) is 17.7 Å². The maximum absolute atomic E-state index is 13.4. The van der Waals surface area contributed by atoms with Gasteiger partial charge in [0.1, 0.15) is 17.6 Å². The number of aromatic nitrogens is 3. The molecule has 27 heavy (non-hydrogen) atoms. The number of morpholine rings is 1. The molecule has 9 heteroatoms. The molecule has 0 aromatic carbocycles. The van der Waals surface area contributed by atoms with Gasteiger partial charge in [0.15, 0.2) is 11.5 Å². The van der Waals surface area contributed by atoms with Gasteiger partial charge in [-0.1, -0.05) is 12.1 Å². The number of hydrogen-bond donors (Lipinski definition) is 0. The Morgan fingerprint density at radius 2 is 2.04 bits per heavy atom. The van der Waals surface area contributed by atoms with Gasteiger partial charge in [0, 0.05) is 23.7 Å². The number of alkyl halides is 3. The Morgan fingerprint density at radius 1 is 1.15 bits per heavy atom. The molecule has 4 rings (SSSR count). The van der Waals surface area contributed by atoms with Crippen molar-refractivity contribution >= 4 is 17.2 Å². The van der Waals surface area contributed by atoms with E-state index in [4.69, 9.17) is 4.74 Å². The smallest absolute Gasteiger partial charge is 0.369 e.